The summed E-state index contributed by atoms with van der Waals surface area (Å²) < 4.78 is 4.80. The summed E-state index contributed by atoms with van der Waals surface area (Å²) in [7, 11) is 0. The molecule has 0 spiro atoms. The van der Waals surface area contributed by atoms with Crippen LogP contribution in [0.3, 0.4) is 0 Å². The lowest BCUT2D eigenvalue weighted by Gasteiger charge is -2.10. The van der Waals surface area contributed by atoms with E-state index in [-0.39, 0.29) is 0 Å². The molecule has 0 N–H and O–H groups in total. The first-order valence-electron chi connectivity index (χ1n) is 11.4. The van der Waals surface area contributed by atoms with Crippen molar-refractivity contribution in [3.8, 4) is 11.4 Å². The molecule has 0 saturated heterocycles. The Kier molecular flexibility index (Phi) is 3.80. The second-order valence-corrected chi connectivity index (χ2v) is 8.77. The summed E-state index contributed by atoms with van der Waals surface area (Å²) in [5, 5.41) is 5.14. The highest BCUT2D eigenvalue weighted by Gasteiger charge is 2.18. The van der Waals surface area contributed by atoms with Crippen molar-refractivity contribution in [1.29, 1.82) is 0 Å². The van der Waals surface area contributed by atoms with Crippen LogP contribution in [0.5, 0.6) is 0 Å². The maximum absolute atomic E-state index is 2.41. The number of hydrogen-bond donors (Lipinski definition) is 0. The average molecular weight is 423 g/mol. The Morgan fingerprint density at radius 3 is 1.58 bits per heavy atom. The van der Waals surface area contributed by atoms with Crippen molar-refractivity contribution in [2.45, 2.75) is 6.92 Å². The molecule has 2 heterocycles. The molecule has 2 nitrogen and oxygen atoms in total. The highest BCUT2D eigenvalue weighted by molar-refractivity contribution is 6.19. The van der Waals surface area contributed by atoms with Gasteiger partial charge in [0.05, 0.1) is 22.1 Å². The van der Waals surface area contributed by atoms with E-state index >= 15 is 0 Å². The van der Waals surface area contributed by atoms with Crippen molar-refractivity contribution in [2.24, 2.45) is 0 Å². The Hall–Kier alpha value is -4.30. The molecular formula is C31H22N2. The normalized spacial score (nSPS) is 11.8. The molecule has 0 aliphatic rings. The zero-order valence-electron chi connectivity index (χ0n) is 18.4. The van der Waals surface area contributed by atoms with Crippen LogP contribution in [-0.4, -0.2) is 9.13 Å². The molecule has 33 heavy (non-hydrogen) atoms. The second-order valence-electron chi connectivity index (χ2n) is 8.77. The first kappa shape index (κ1) is 18.3. The number of fused-ring (bicyclic) bond motifs is 6. The summed E-state index contributed by atoms with van der Waals surface area (Å²) in [4.78, 5) is 0. The number of aromatic nitrogens is 2. The Morgan fingerprint density at radius 1 is 0.394 bits per heavy atom. The van der Waals surface area contributed by atoms with Crippen LogP contribution in [0.15, 0.2) is 115 Å². The topological polar surface area (TPSA) is 9.86 Å². The Bertz CT molecular complexity index is 1820. The van der Waals surface area contributed by atoms with E-state index in [9.17, 15) is 0 Å². The minimum Gasteiger partial charge on any atom is -0.309 e. The van der Waals surface area contributed by atoms with Crippen molar-refractivity contribution in [1.82, 2.24) is 9.13 Å². The largest absolute Gasteiger partial charge is 0.309 e. The molecule has 0 unspecified atom stereocenters. The second kappa shape index (κ2) is 6.85. The van der Waals surface area contributed by atoms with Crippen LogP contribution in [0.1, 0.15) is 5.56 Å². The molecular weight excluding hydrogens is 400 g/mol. The van der Waals surface area contributed by atoms with Gasteiger partial charge in [-0.3, -0.25) is 0 Å². The minimum atomic E-state index is 1.18. The third kappa shape index (κ3) is 2.61. The van der Waals surface area contributed by atoms with E-state index in [2.05, 4.69) is 131 Å². The van der Waals surface area contributed by atoms with E-state index in [0.717, 1.165) is 0 Å². The van der Waals surface area contributed by atoms with Gasteiger partial charge >= 0.3 is 0 Å². The summed E-state index contributed by atoms with van der Waals surface area (Å²) in [6.45, 7) is 2.16. The number of aryl methyl sites for hydroxylation is 1. The monoisotopic (exact) mass is 422 g/mol. The molecule has 0 aliphatic heterocycles. The Labute approximate surface area is 191 Å². The number of benzene rings is 5. The average Bonchev–Trinajstić information content (AvgIpc) is 3.35. The van der Waals surface area contributed by atoms with Crippen LogP contribution >= 0.6 is 0 Å². The number of rotatable bonds is 2. The van der Waals surface area contributed by atoms with Crippen LogP contribution < -0.4 is 0 Å². The van der Waals surface area contributed by atoms with Crippen LogP contribution in [0.2, 0.25) is 0 Å². The maximum atomic E-state index is 2.41. The predicted molar refractivity (Wildman–Crippen MR) is 140 cm³/mol. The fourth-order valence-corrected chi connectivity index (χ4v) is 5.33. The predicted octanol–water partition coefficient (Wildman–Crippen LogP) is 8.19. The van der Waals surface area contributed by atoms with Crippen molar-refractivity contribution in [3.63, 3.8) is 0 Å². The maximum Gasteiger partial charge on any atom is 0.0562 e. The molecule has 2 heteroatoms. The molecule has 7 rings (SSSR count). The van der Waals surface area contributed by atoms with Gasteiger partial charge in [-0.1, -0.05) is 66.7 Å². The van der Waals surface area contributed by atoms with Gasteiger partial charge in [-0.15, -0.1) is 0 Å². The summed E-state index contributed by atoms with van der Waals surface area (Å²) in [6, 6.07) is 41.7. The van der Waals surface area contributed by atoms with Gasteiger partial charge in [-0.2, -0.15) is 0 Å². The van der Waals surface area contributed by atoms with Crippen LogP contribution in [0.4, 0.5) is 0 Å². The van der Waals surface area contributed by atoms with Crippen molar-refractivity contribution in [3.05, 3.63) is 121 Å². The summed E-state index contributed by atoms with van der Waals surface area (Å²) in [5.41, 5.74) is 8.57. The fourth-order valence-electron chi connectivity index (χ4n) is 5.33. The summed E-state index contributed by atoms with van der Waals surface area (Å²) in [5.74, 6) is 0. The van der Waals surface area contributed by atoms with E-state index in [4.69, 9.17) is 0 Å². The number of para-hydroxylation sites is 3. The van der Waals surface area contributed by atoms with E-state index in [1.54, 1.807) is 0 Å². The molecule has 0 bridgehead atoms. The zero-order valence-corrected chi connectivity index (χ0v) is 18.4. The highest BCUT2D eigenvalue weighted by atomic mass is 15.0. The first-order chi connectivity index (χ1) is 16.3. The van der Waals surface area contributed by atoms with Crippen LogP contribution in [-0.2, 0) is 0 Å². The molecule has 0 aliphatic carbocycles. The zero-order chi connectivity index (χ0) is 21.9. The number of nitrogens with zero attached hydrogens (tertiary/aromatic N) is 2. The summed E-state index contributed by atoms with van der Waals surface area (Å²) >= 11 is 0. The lowest BCUT2D eigenvalue weighted by Crippen LogP contribution is -1.96. The van der Waals surface area contributed by atoms with Gasteiger partial charge in [0, 0.05) is 32.9 Å². The smallest absolute Gasteiger partial charge is 0.0562 e. The van der Waals surface area contributed by atoms with Gasteiger partial charge < -0.3 is 9.13 Å². The SMILES string of the molecule is Cc1cccc(-n2c3ccccc3c3cc4c5ccccc5n(-c5ccccc5)c4cc32)c1. The Morgan fingerprint density at radius 2 is 0.939 bits per heavy atom. The van der Waals surface area contributed by atoms with Gasteiger partial charge in [-0.05, 0) is 61.0 Å². The molecule has 0 fully saturated rings. The van der Waals surface area contributed by atoms with Gasteiger partial charge in [0.2, 0.25) is 0 Å². The molecule has 7 aromatic rings. The molecule has 0 atom stereocenters. The Balaban J connectivity index is 1.70. The first-order valence-corrected chi connectivity index (χ1v) is 11.4. The molecule has 0 saturated carbocycles. The van der Waals surface area contributed by atoms with Gasteiger partial charge in [0.25, 0.3) is 0 Å². The van der Waals surface area contributed by atoms with Gasteiger partial charge in [0.1, 0.15) is 0 Å². The van der Waals surface area contributed by atoms with Crippen LogP contribution in [0.25, 0.3) is 55.0 Å². The molecule has 156 valence electrons. The number of hydrogen-bond acceptors (Lipinski definition) is 0. The summed E-state index contributed by atoms with van der Waals surface area (Å²) in [6.07, 6.45) is 0. The van der Waals surface area contributed by atoms with E-state index in [1.165, 1.54) is 60.5 Å². The highest BCUT2D eigenvalue weighted by Crippen LogP contribution is 2.39. The minimum absolute atomic E-state index is 1.18. The van der Waals surface area contributed by atoms with Crippen molar-refractivity contribution < 1.29 is 0 Å². The molecule has 0 radical (unpaired) electrons. The lowest BCUT2D eigenvalue weighted by molar-refractivity contribution is 1.16. The van der Waals surface area contributed by atoms with Gasteiger partial charge in [-0.25, -0.2) is 0 Å². The van der Waals surface area contributed by atoms with E-state index < -0.39 is 0 Å². The molecule has 2 aromatic heterocycles. The van der Waals surface area contributed by atoms with Crippen molar-refractivity contribution in [2.75, 3.05) is 0 Å². The third-order valence-electron chi connectivity index (χ3n) is 6.74. The molecule has 5 aromatic carbocycles. The lowest BCUT2D eigenvalue weighted by atomic mass is 10.1. The standard InChI is InChI=1S/C31H22N2/c1-21-10-9-13-23(18-21)33-29-17-8-6-15-25(29)27-19-26-24-14-5-7-16-28(24)32(30(26)20-31(27)33)22-11-3-2-4-12-22/h2-20H,1H3. The van der Waals surface area contributed by atoms with Crippen LogP contribution in [0, 0.1) is 6.92 Å². The van der Waals surface area contributed by atoms with Crippen molar-refractivity contribution >= 4 is 43.6 Å². The quantitative estimate of drug-likeness (QED) is 0.266. The van der Waals surface area contributed by atoms with E-state index in [0.29, 0.717) is 0 Å². The fraction of sp³-hybridized carbons (Fsp3) is 0.0323. The third-order valence-corrected chi connectivity index (χ3v) is 6.74. The molecule has 0 amide bonds. The van der Waals surface area contributed by atoms with Gasteiger partial charge in [0.15, 0.2) is 0 Å². The van der Waals surface area contributed by atoms with E-state index in [1.807, 2.05) is 0 Å².